The topological polar surface area (TPSA) is 45.1 Å². The third-order valence-corrected chi connectivity index (χ3v) is 3.62. The van der Waals surface area contributed by atoms with Crippen LogP contribution < -0.4 is 5.32 Å². The van der Waals surface area contributed by atoms with E-state index in [1.54, 1.807) is 6.20 Å². The summed E-state index contributed by atoms with van der Waals surface area (Å²) < 4.78 is 0. The molecule has 0 aliphatic heterocycles. The molecule has 0 aromatic carbocycles. The minimum absolute atomic E-state index is 0.208. The van der Waals surface area contributed by atoms with Crippen LogP contribution in [0.2, 0.25) is 0 Å². The van der Waals surface area contributed by atoms with E-state index in [-0.39, 0.29) is 12.0 Å². The first-order chi connectivity index (χ1) is 7.97. The molecule has 1 heterocycles. The van der Waals surface area contributed by atoms with E-state index < -0.39 is 5.60 Å². The van der Waals surface area contributed by atoms with Crippen LogP contribution in [0, 0.1) is 5.92 Å². The SMILES string of the molecule is CCC(C)C(C)(O)CNC(C)c1cccnc1. The van der Waals surface area contributed by atoms with Crippen molar-refractivity contribution in [3.8, 4) is 0 Å². The molecule has 3 nitrogen and oxygen atoms in total. The van der Waals surface area contributed by atoms with Crippen LogP contribution in [0.5, 0.6) is 0 Å². The van der Waals surface area contributed by atoms with E-state index >= 15 is 0 Å². The molecule has 0 amide bonds. The molecule has 3 unspecified atom stereocenters. The van der Waals surface area contributed by atoms with Gasteiger partial charge in [0.1, 0.15) is 0 Å². The van der Waals surface area contributed by atoms with E-state index in [1.165, 1.54) is 0 Å². The monoisotopic (exact) mass is 236 g/mol. The van der Waals surface area contributed by atoms with Gasteiger partial charge in [0.2, 0.25) is 0 Å². The highest BCUT2D eigenvalue weighted by atomic mass is 16.3. The molecule has 0 saturated carbocycles. The average Bonchev–Trinajstić information content (AvgIpc) is 2.36. The second-order valence-electron chi connectivity index (χ2n) is 5.06. The number of hydrogen-bond acceptors (Lipinski definition) is 3. The van der Waals surface area contributed by atoms with Crippen LogP contribution in [0.25, 0.3) is 0 Å². The molecule has 2 N–H and O–H groups in total. The third kappa shape index (κ3) is 4.10. The summed E-state index contributed by atoms with van der Waals surface area (Å²) in [7, 11) is 0. The van der Waals surface area contributed by atoms with Crippen LogP contribution in [0.1, 0.15) is 45.7 Å². The summed E-state index contributed by atoms with van der Waals surface area (Å²) in [6, 6.07) is 4.18. The summed E-state index contributed by atoms with van der Waals surface area (Å²) in [6.45, 7) is 8.76. The molecular weight excluding hydrogens is 212 g/mol. The second kappa shape index (κ2) is 6.12. The molecular formula is C14H24N2O. The predicted molar refractivity (Wildman–Crippen MR) is 70.7 cm³/mol. The second-order valence-corrected chi connectivity index (χ2v) is 5.06. The fourth-order valence-corrected chi connectivity index (χ4v) is 1.72. The first kappa shape index (κ1) is 14.1. The Morgan fingerprint density at radius 3 is 2.71 bits per heavy atom. The lowest BCUT2D eigenvalue weighted by molar-refractivity contribution is 0.00364. The lowest BCUT2D eigenvalue weighted by Gasteiger charge is -2.31. The van der Waals surface area contributed by atoms with Crippen LogP contribution in [0.4, 0.5) is 0 Å². The molecule has 0 spiro atoms. The number of hydrogen-bond donors (Lipinski definition) is 2. The molecule has 0 aliphatic carbocycles. The standard InChI is InChI=1S/C14H24N2O/c1-5-11(2)14(4,17)10-16-12(3)13-7-6-8-15-9-13/h6-9,11-12,16-17H,5,10H2,1-4H3. The molecule has 17 heavy (non-hydrogen) atoms. The van der Waals surface area contributed by atoms with E-state index in [2.05, 4.69) is 31.1 Å². The molecule has 1 aromatic rings. The zero-order chi connectivity index (χ0) is 12.9. The first-order valence-electron chi connectivity index (χ1n) is 6.33. The third-order valence-electron chi connectivity index (χ3n) is 3.62. The number of aliphatic hydroxyl groups is 1. The van der Waals surface area contributed by atoms with Gasteiger partial charge in [-0.3, -0.25) is 4.98 Å². The molecule has 3 heteroatoms. The molecule has 3 atom stereocenters. The number of nitrogens with one attached hydrogen (secondary N) is 1. The number of pyridine rings is 1. The Labute approximate surface area is 104 Å². The Bertz CT molecular complexity index is 324. The summed E-state index contributed by atoms with van der Waals surface area (Å²) in [5.41, 5.74) is 0.484. The highest BCUT2D eigenvalue weighted by Gasteiger charge is 2.27. The van der Waals surface area contributed by atoms with Gasteiger partial charge in [0.05, 0.1) is 5.60 Å². The molecule has 1 aromatic heterocycles. The van der Waals surface area contributed by atoms with Crippen LogP contribution in [0.3, 0.4) is 0 Å². The summed E-state index contributed by atoms with van der Waals surface area (Å²) >= 11 is 0. The Hall–Kier alpha value is -0.930. The van der Waals surface area contributed by atoms with E-state index in [0.717, 1.165) is 12.0 Å². The summed E-state index contributed by atoms with van der Waals surface area (Å²) in [4.78, 5) is 4.10. The molecule has 0 bridgehead atoms. The quantitative estimate of drug-likeness (QED) is 0.798. The van der Waals surface area contributed by atoms with Crippen molar-refractivity contribution in [2.75, 3.05) is 6.54 Å². The Balaban J connectivity index is 2.51. The van der Waals surface area contributed by atoms with Gasteiger partial charge >= 0.3 is 0 Å². The summed E-state index contributed by atoms with van der Waals surface area (Å²) in [5, 5.41) is 13.7. The van der Waals surface area contributed by atoms with Gasteiger partial charge in [-0.2, -0.15) is 0 Å². The van der Waals surface area contributed by atoms with Gasteiger partial charge < -0.3 is 10.4 Å². The van der Waals surface area contributed by atoms with E-state index in [1.807, 2.05) is 25.3 Å². The minimum Gasteiger partial charge on any atom is -0.389 e. The minimum atomic E-state index is -0.661. The Morgan fingerprint density at radius 2 is 2.18 bits per heavy atom. The molecule has 0 radical (unpaired) electrons. The highest BCUT2D eigenvalue weighted by molar-refractivity contribution is 5.12. The van der Waals surface area contributed by atoms with Crippen molar-refractivity contribution < 1.29 is 5.11 Å². The highest BCUT2D eigenvalue weighted by Crippen LogP contribution is 2.20. The van der Waals surface area contributed by atoms with Gasteiger partial charge in [0.15, 0.2) is 0 Å². The van der Waals surface area contributed by atoms with Crippen molar-refractivity contribution in [3.05, 3.63) is 30.1 Å². The maximum atomic E-state index is 10.3. The Kier molecular flexibility index (Phi) is 5.09. The molecule has 0 saturated heterocycles. The van der Waals surface area contributed by atoms with Crippen molar-refractivity contribution in [2.45, 2.75) is 45.8 Å². The van der Waals surface area contributed by atoms with Crippen LogP contribution in [0.15, 0.2) is 24.5 Å². The van der Waals surface area contributed by atoms with Gasteiger partial charge in [-0.25, -0.2) is 0 Å². The van der Waals surface area contributed by atoms with Gasteiger partial charge in [-0.05, 0) is 31.4 Å². The zero-order valence-electron chi connectivity index (χ0n) is 11.3. The lowest BCUT2D eigenvalue weighted by atomic mass is 9.88. The van der Waals surface area contributed by atoms with E-state index in [0.29, 0.717) is 6.54 Å². The summed E-state index contributed by atoms with van der Waals surface area (Å²) in [5.74, 6) is 0.288. The maximum absolute atomic E-state index is 10.3. The number of rotatable bonds is 6. The van der Waals surface area contributed by atoms with Gasteiger partial charge in [0, 0.05) is 25.0 Å². The lowest BCUT2D eigenvalue weighted by Crippen LogP contribution is -2.43. The van der Waals surface area contributed by atoms with Crippen molar-refractivity contribution >= 4 is 0 Å². The van der Waals surface area contributed by atoms with Crippen molar-refractivity contribution in [1.82, 2.24) is 10.3 Å². The van der Waals surface area contributed by atoms with Gasteiger partial charge in [0.25, 0.3) is 0 Å². The predicted octanol–water partition coefficient (Wildman–Crippen LogP) is 2.53. The molecule has 0 fully saturated rings. The molecule has 1 rings (SSSR count). The molecule has 96 valence electrons. The largest absolute Gasteiger partial charge is 0.389 e. The van der Waals surface area contributed by atoms with E-state index in [9.17, 15) is 5.11 Å². The van der Waals surface area contributed by atoms with Crippen molar-refractivity contribution in [3.63, 3.8) is 0 Å². The van der Waals surface area contributed by atoms with Gasteiger partial charge in [-0.1, -0.05) is 26.3 Å². The summed E-state index contributed by atoms with van der Waals surface area (Å²) in [6.07, 6.45) is 4.61. The number of aromatic nitrogens is 1. The maximum Gasteiger partial charge on any atom is 0.0769 e. The number of nitrogens with zero attached hydrogens (tertiary/aromatic N) is 1. The van der Waals surface area contributed by atoms with Crippen LogP contribution >= 0.6 is 0 Å². The smallest absolute Gasteiger partial charge is 0.0769 e. The van der Waals surface area contributed by atoms with Crippen LogP contribution in [-0.2, 0) is 0 Å². The normalized spacial score (nSPS) is 18.4. The molecule has 0 aliphatic rings. The fraction of sp³-hybridized carbons (Fsp3) is 0.643. The Morgan fingerprint density at radius 1 is 1.47 bits per heavy atom. The van der Waals surface area contributed by atoms with Crippen molar-refractivity contribution in [2.24, 2.45) is 5.92 Å². The average molecular weight is 236 g/mol. The van der Waals surface area contributed by atoms with Gasteiger partial charge in [-0.15, -0.1) is 0 Å². The fourth-order valence-electron chi connectivity index (χ4n) is 1.72. The zero-order valence-corrected chi connectivity index (χ0v) is 11.3. The first-order valence-corrected chi connectivity index (χ1v) is 6.33. The van der Waals surface area contributed by atoms with Crippen molar-refractivity contribution in [1.29, 1.82) is 0 Å². The van der Waals surface area contributed by atoms with E-state index in [4.69, 9.17) is 0 Å². The van der Waals surface area contributed by atoms with Crippen LogP contribution in [-0.4, -0.2) is 22.2 Å².